The van der Waals surface area contributed by atoms with Gasteiger partial charge in [0.1, 0.15) is 12.6 Å². The number of carbonyl (C=O) groups excluding carboxylic acids is 2. The Morgan fingerprint density at radius 3 is 2.15 bits per heavy atom. The van der Waals surface area contributed by atoms with E-state index in [4.69, 9.17) is 11.6 Å². The van der Waals surface area contributed by atoms with E-state index in [2.05, 4.69) is 5.32 Å². The SMILES string of the molecule is CC[C@@H](C)NC(=O)[C@@H](Cc1ccccc1)N(Cc1ccc(Cl)cc1)C(=O)CN(c1ccc(C)c(C)c1)S(C)(=O)=O. The molecule has 0 heterocycles. The molecule has 0 aromatic heterocycles. The molecule has 40 heavy (non-hydrogen) atoms. The molecule has 0 aliphatic heterocycles. The molecule has 9 heteroatoms. The smallest absolute Gasteiger partial charge is 0.244 e. The number of benzene rings is 3. The van der Waals surface area contributed by atoms with Crippen LogP contribution in [0.1, 0.15) is 42.5 Å². The zero-order chi connectivity index (χ0) is 29.4. The van der Waals surface area contributed by atoms with Crippen molar-refractivity contribution in [2.45, 2.75) is 59.2 Å². The molecule has 0 bridgehead atoms. The van der Waals surface area contributed by atoms with Gasteiger partial charge in [0.15, 0.2) is 0 Å². The van der Waals surface area contributed by atoms with Crippen LogP contribution in [0.5, 0.6) is 0 Å². The Hall–Kier alpha value is -3.36. The highest BCUT2D eigenvalue weighted by atomic mass is 35.5. The molecule has 3 aromatic carbocycles. The molecule has 2 atom stereocenters. The van der Waals surface area contributed by atoms with E-state index < -0.39 is 28.5 Å². The van der Waals surface area contributed by atoms with Crippen LogP contribution in [-0.4, -0.2) is 50.0 Å². The molecule has 3 rings (SSSR count). The fourth-order valence-corrected chi connectivity index (χ4v) is 5.24. The number of anilines is 1. The molecule has 0 aliphatic carbocycles. The van der Waals surface area contributed by atoms with E-state index >= 15 is 0 Å². The summed E-state index contributed by atoms with van der Waals surface area (Å²) >= 11 is 6.10. The second-order valence-corrected chi connectivity index (χ2v) is 12.6. The van der Waals surface area contributed by atoms with Crippen molar-refractivity contribution >= 4 is 39.1 Å². The Bertz CT molecular complexity index is 1410. The highest BCUT2D eigenvalue weighted by Gasteiger charge is 2.33. The molecule has 0 radical (unpaired) electrons. The second kappa shape index (κ2) is 13.8. The summed E-state index contributed by atoms with van der Waals surface area (Å²) in [6, 6.07) is 20.8. The van der Waals surface area contributed by atoms with Gasteiger partial charge in [-0.25, -0.2) is 8.42 Å². The number of nitrogens with zero attached hydrogens (tertiary/aromatic N) is 2. The van der Waals surface area contributed by atoms with Crippen LogP contribution in [0, 0.1) is 13.8 Å². The average Bonchev–Trinajstić information content (AvgIpc) is 2.91. The zero-order valence-electron chi connectivity index (χ0n) is 23.7. The lowest BCUT2D eigenvalue weighted by molar-refractivity contribution is -0.140. The van der Waals surface area contributed by atoms with Crippen molar-refractivity contribution in [1.29, 1.82) is 0 Å². The van der Waals surface area contributed by atoms with Crippen LogP contribution in [0.3, 0.4) is 0 Å². The molecule has 0 saturated carbocycles. The molecule has 0 saturated heterocycles. The quantitative estimate of drug-likeness (QED) is 0.314. The normalized spacial score (nSPS) is 12.8. The monoisotopic (exact) mass is 583 g/mol. The van der Waals surface area contributed by atoms with Gasteiger partial charge in [0.2, 0.25) is 21.8 Å². The molecule has 0 fully saturated rings. The molecule has 0 aliphatic rings. The van der Waals surface area contributed by atoms with E-state index in [9.17, 15) is 18.0 Å². The number of aryl methyl sites for hydroxylation is 2. The van der Waals surface area contributed by atoms with Crippen molar-refractivity contribution in [3.8, 4) is 0 Å². The Balaban J connectivity index is 2.06. The summed E-state index contributed by atoms with van der Waals surface area (Å²) < 4.78 is 26.9. The van der Waals surface area contributed by atoms with Crippen LogP contribution in [0.4, 0.5) is 5.69 Å². The Labute approximate surface area is 243 Å². The van der Waals surface area contributed by atoms with Crippen LogP contribution in [0.15, 0.2) is 72.8 Å². The number of amides is 2. The van der Waals surface area contributed by atoms with Crippen LogP contribution < -0.4 is 9.62 Å². The highest BCUT2D eigenvalue weighted by Crippen LogP contribution is 2.23. The van der Waals surface area contributed by atoms with E-state index in [1.807, 2.05) is 64.1 Å². The summed E-state index contributed by atoms with van der Waals surface area (Å²) in [7, 11) is -3.81. The van der Waals surface area contributed by atoms with Gasteiger partial charge in [-0.3, -0.25) is 13.9 Å². The molecular weight excluding hydrogens is 546 g/mol. The lowest BCUT2D eigenvalue weighted by Crippen LogP contribution is -2.54. The van der Waals surface area contributed by atoms with Crippen LogP contribution in [-0.2, 0) is 32.6 Å². The van der Waals surface area contributed by atoms with Gasteiger partial charge in [-0.1, -0.05) is 67.1 Å². The topological polar surface area (TPSA) is 86.8 Å². The molecule has 1 N–H and O–H groups in total. The molecule has 3 aromatic rings. The number of carbonyl (C=O) groups is 2. The van der Waals surface area contributed by atoms with E-state index in [-0.39, 0.29) is 24.9 Å². The van der Waals surface area contributed by atoms with Gasteiger partial charge < -0.3 is 10.2 Å². The Morgan fingerprint density at radius 1 is 0.925 bits per heavy atom. The van der Waals surface area contributed by atoms with Gasteiger partial charge in [0.25, 0.3) is 0 Å². The number of hydrogen-bond donors (Lipinski definition) is 1. The van der Waals surface area contributed by atoms with Crippen LogP contribution in [0.25, 0.3) is 0 Å². The summed E-state index contributed by atoms with van der Waals surface area (Å²) in [5, 5.41) is 3.57. The first kappa shape index (κ1) is 31.2. The minimum Gasteiger partial charge on any atom is -0.352 e. The Morgan fingerprint density at radius 2 is 1.57 bits per heavy atom. The van der Waals surface area contributed by atoms with Gasteiger partial charge >= 0.3 is 0 Å². The van der Waals surface area contributed by atoms with Crippen molar-refractivity contribution in [3.63, 3.8) is 0 Å². The van der Waals surface area contributed by atoms with Crippen molar-refractivity contribution in [2.75, 3.05) is 17.1 Å². The number of halogens is 1. The van der Waals surface area contributed by atoms with Gasteiger partial charge in [0, 0.05) is 24.0 Å². The summed E-state index contributed by atoms with van der Waals surface area (Å²) in [5.74, 6) is -0.781. The van der Waals surface area contributed by atoms with Crippen molar-refractivity contribution < 1.29 is 18.0 Å². The first-order chi connectivity index (χ1) is 18.9. The predicted octanol–water partition coefficient (Wildman–Crippen LogP) is 5.28. The lowest BCUT2D eigenvalue weighted by atomic mass is 10.0. The van der Waals surface area contributed by atoms with Crippen molar-refractivity contribution in [3.05, 3.63) is 100 Å². The zero-order valence-corrected chi connectivity index (χ0v) is 25.3. The summed E-state index contributed by atoms with van der Waals surface area (Å²) in [6.07, 6.45) is 2.07. The fraction of sp³-hybridized carbons (Fsp3) is 0.355. The molecule has 2 amide bonds. The van der Waals surface area contributed by atoms with Crippen molar-refractivity contribution in [2.24, 2.45) is 0 Å². The third-order valence-corrected chi connectivity index (χ3v) is 8.39. The Kier molecular flexibility index (Phi) is 10.8. The lowest BCUT2D eigenvalue weighted by Gasteiger charge is -2.34. The third-order valence-electron chi connectivity index (χ3n) is 7.00. The molecular formula is C31H38ClN3O4S. The maximum absolute atomic E-state index is 14.1. The first-order valence-corrected chi connectivity index (χ1v) is 15.5. The van der Waals surface area contributed by atoms with Crippen LogP contribution in [0.2, 0.25) is 5.02 Å². The average molecular weight is 584 g/mol. The number of hydrogen-bond acceptors (Lipinski definition) is 4. The summed E-state index contributed by atoms with van der Waals surface area (Å²) in [5.41, 5.74) is 3.97. The first-order valence-electron chi connectivity index (χ1n) is 13.3. The number of rotatable bonds is 12. The minimum atomic E-state index is -3.81. The second-order valence-electron chi connectivity index (χ2n) is 10.2. The molecule has 0 unspecified atom stereocenters. The largest absolute Gasteiger partial charge is 0.352 e. The third kappa shape index (κ3) is 8.57. The molecule has 214 valence electrons. The summed E-state index contributed by atoms with van der Waals surface area (Å²) in [4.78, 5) is 29.3. The maximum atomic E-state index is 14.1. The van der Waals surface area contributed by atoms with Crippen molar-refractivity contribution in [1.82, 2.24) is 10.2 Å². The van der Waals surface area contributed by atoms with Gasteiger partial charge in [-0.2, -0.15) is 0 Å². The van der Waals surface area contributed by atoms with E-state index in [0.717, 1.165) is 39.2 Å². The van der Waals surface area contributed by atoms with Gasteiger partial charge in [0.05, 0.1) is 11.9 Å². The number of sulfonamides is 1. The standard InChI is InChI=1S/C31H38ClN3O4S/c1-6-24(4)33-31(37)29(19-25-10-8-7-9-11-25)34(20-26-13-15-27(32)16-14-26)30(36)21-35(40(5,38)39)28-17-12-22(2)23(3)18-28/h7-18,24,29H,6,19-21H2,1-5H3,(H,33,37)/t24-,29-/m1/s1. The molecule has 7 nitrogen and oxygen atoms in total. The van der Waals surface area contributed by atoms with E-state index in [0.29, 0.717) is 10.7 Å². The maximum Gasteiger partial charge on any atom is 0.244 e. The predicted molar refractivity (Wildman–Crippen MR) is 162 cm³/mol. The van der Waals surface area contributed by atoms with Crippen LogP contribution >= 0.6 is 11.6 Å². The van der Waals surface area contributed by atoms with E-state index in [1.54, 1.807) is 36.4 Å². The number of nitrogens with one attached hydrogen (secondary N) is 1. The van der Waals surface area contributed by atoms with Gasteiger partial charge in [-0.15, -0.1) is 0 Å². The summed E-state index contributed by atoms with van der Waals surface area (Å²) in [6.45, 7) is 7.37. The van der Waals surface area contributed by atoms with Gasteiger partial charge in [-0.05, 0) is 73.7 Å². The molecule has 0 spiro atoms. The minimum absolute atomic E-state index is 0.0960. The fourth-order valence-electron chi connectivity index (χ4n) is 4.28. The van der Waals surface area contributed by atoms with E-state index in [1.165, 1.54) is 4.90 Å². The highest BCUT2D eigenvalue weighted by molar-refractivity contribution is 7.92.